The summed E-state index contributed by atoms with van der Waals surface area (Å²) in [4.78, 5) is 12.2. The molecule has 0 bridgehead atoms. The van der Waals surface area contributed by atoms with Crippen molar-refractivity contribution < 1.29 is 4.79 Å². The van der Waals surface area contributed by atoms with Crippen molar-refractivity contribution in [3.8, 4) is 0 Å². The molecule has 104 valence electrons. The van der Waals surface area contributed by atoms with Crippen LogP contribution in [-0.2, 0) is 17.8 Å². The van der Waals surface area contributed by atoms with Gasteiger partial charge in [0, 0.05) is 13.1 Å². The first kappa shape index (κ1) is 14.1. The minimum Gasteiger partial charge on any atom is -0.354 e. The molecule has 1 aromatic rings. The molecule has 0 unspecified atom stereocenters. The van der Waals surface area contributed by atoms with E-state index in [-0.39, 0.29) is 17.4 Å². The molecule has 0 radical (unpaired) electrons. The summed E-state index contributed by atoms with van der Waals surface area (Å²) in [5.41, 5.74) is 2.76. The molecule has 1 aromatic carbocycles. The van der Waals surface area contributed by atoms with E-state index in [1.807, 2.05) is 12.1 Å². The van der Waals surface area contributed by atoms with Crippen LogP contribution in [0.2, 0.25) is 0 Å². The largest absolute Gasteiger partial charge is 0.354 e. The maximum atomic E-state index is 12.2. The van der Waals surface area contributed by atoms with Gasteiger partial charge in [0.2, 0.25) is 5.91 Å². The van der Waals surface area contributed by atoms with Crippen molar-refractivity contribution >= 4 is 5.91 Å². The Morgan fingerprint density at radius 1 is 1.37 bits per heavy atom. The maximum Gasteiger partial charge on any atom is 0.237 e. The quantitative estimate of drug-likeness (QED) is 0.872. The zero-order valence-electron chi connectivity index (χ0n) is 12.1. The molecule has 1 heterocycles. The standard InChI is InChI=1S/C16H24N2O/c1-4-16(2,3)11-18-15(19)14-9-12-7-5-6-8-13(12)10-17-14/h5-8,14,17H,4,9-11H2,1-3H3,(H,18,19)/t14-/m0/s1. The fraction of sp³-hybridized carbons (Fsp3) is 0.562. The first-order chi connectivity index (χ1) is 9.02. The second kappa shape index (κ2) is 5.74. The van der Waals surface area contributed by atoms with Gasteiger partial charge in [-0.15, -0.1) is 0 Å². The monoisotopic (exact) mass is 260 g/mol. The molecule has 3 nitrogen and oxygen atoms in total. The van der Waals surface area contributed by atoms with Crippen LogP contribution in [0.4, 0.5) is 0 Å². The molecular formula is C16H24N2O. The predicted molar refractivity (Wildman–Crippen MR) is 77.9 cm³/mol. The number of benzene rings is 1. The average Bonchev–Trinajstić information content (AvgIpc) is 2.44. The Morgan fingerprint density at radius 3 is 2.74 bits per heavy atom. The molecule has 0 saturated carbocycles. The number of nitrogens with one attached hydrogen (secondary N) is 2. The van der Waals surface area contributed by atoms with E-state index in [1.165, 1.54) is 11.1 Å². The van der Waals surface area contributed by atoms with Gasteiger partial charge in [-0.1, -0.05) is 45.0 Å². The molecule has 0 saturated heterocycles. The van der Waals surface area contributed by atoms with Crippen LogP contribution in [0, 0.1) is 5.41 Å². The molecule has 1 aliphatic heterocycles. The van der Waals surface area contributed by atoms with Crippen molar-refractivity contribution in [1.82, 2.24) is 10.6 Å². The summed E-state index contributed by atoms with van der Waals surface area (Å²) in [5.74, 6) is 0.121. The van der Waals surface area contributed by atoms with Gasteiger partial charge in [-0.3, -0.25) is 4.79 Å². The van der Waals surface area contributed by atoms with Crippen LogP contribution in [0.5, 0.6) is 0 Å². The molecule has 1 aliphatic rings. The highest BCUT2D eigenvalue weighted by atomic mass is 16.2. The van der Waals surface area contributed by atoms with Crippen LogP contribution in [0.1, 0.15) is 38.3 Å². The van der Waals surface area contributed by atoms with Crippen LogP contribution in [0.25, 0.3) is 0 Å². The molecular weight excluding hydrogens is 236 g/mol. The number of rotatable bonds is 4. The van der Waals surface area contributed by atoms with E-state index in [0.29, 0.717) is 0 Å². The molecule has 0 fully saturated rings. The third-order valence-corrected chi connectivity index (χ3v) is 4.10. The van der Waals surface area contributed by atoms with E-state index < -0.39 is 0 Å². The molecule has 0 aliphatic carbocycles. The third kappa shape index (κ3) is 3.57. The number of hydrogen-bond donors (Lipinski definition) is 2. The van der Waals surface area contributed by atoms with Crippen molar-refractivity contribution in [1.29, 1.82) is 0 Å². The molecule has 0 spiro atoms. The molecule has 2 N–H and O–H groups in total. The van der Waals surface area contributed by atoms with Gasteiger partial charge >= 0.3 is 0 Å². The van der Waals surface area contributed by atoms with Gasteiger partial charge in [-0.25, -0.2) is 0 Å². The molecule has 3 heteroatoms. The Balaban J connectivity index is 1.92. The number of carbonyl (C=O) groups excluding carboxylic acids is 1. The lowest BCUT2D eigenvalue weighted by Gasteiger charge is -2.28. The fourth-order valence-corrected chi connectivity index (χ4v) is 2.21. The number of hydrogen-bond acceptors (Lipinski definition) is 2. The zero-order valence-corrected chi connectivity index (χ0v) is 12.1. The Kier molecular flexibility index (Phi) is 4.25. The summed E-state index contributed by atoms with van der Waals surface area (Å²) in [7, 11) is 0. The molecule has 1 atom stereocenters. The smallest absolute Gasteiger partial charge is 0.237 e. The van der Waals surface area contributed by atoms with E-state index >= 15 is 0 Å². The van der Waals surface area contributed by atoms with Crippen LogP contribution in [0.3, 0.4) is 0 Å². The van der Waals surface area contributed by atoms with Gasteiger partial charge in [0.05, 0.1) is 6.04 Å². The van der Waals surface area contributed by atoms with Gasteiger partial charge in [-0.2, -0.15) is 0 Å². The van der Waals surface area contributed by atoms with E-state index in [1.54, 1.807) is 0 Å². The number of carbonyl (C=O) groups is 1. The van der Waals surface area contributed by atoms with Crippen molar-refractivity contribution in [3.63, 3.8) is 0 Å². The average molecular weight is 260 g/mol. The first-order valence-corrected chi connectivity index (χ1v) is 7.10. The van der Waals surface area contributed by atoms with E-state index in [2.05, 4.69) is 43.5 Å². The number of amides is 1. The van der Waals surface area contributed by atoms with E-state index in [9.17, 15) is 4.79 Å². The van der Waals surface area contributed by atoms with Crippen LogP contribution in [0.15, 0.2) is 24.3 Å². The Labute approximate surface area is 115 Å². The SMILES string of the molecule is CCC(C)(C)CNC(=O)[C@@H]1Cc2ccccc2CN1. The zero-order chi connectivity index (χ0) is 13.9. The fourth-order valence-electron chi connectivity index (χ4n) is 2.21. The van der Waals surface area contributed by atoms with Gasteiger partial charge in [0.1, 0.15) is 0 Å². The molecule has 1 amide bonds. The van der Waals surface area contributed by atoms with Crippen molar-refractivity contribution in [2.75, 3.05) is 6.54 Å². The lowest BCUT2D eigenvalue weighted by atomic mass is 9.90. The van der Waals surface area contributed by atoms with Gasteiger partial charge in [-0.05, 0) is 29.4 Å². The third-order valence-electron chi connectivity index (χ3n) is 4.10. The Bertz CT molecular complexity index is 454. The van der Waals surface area contributed by atoms with Gasteiger partial charge in [0.15, 0.2) is 0 Å². The van der Waals surface area contributed by atoms with Gasteiger partial charge < -0.3 is 10.6 Å². The second-order valence-electron chi connectivity index (χ2n) is 6.14. The Hall–Kier alpha value is -1.35. The summed E-state index contributed by atoms with van der Waals surface area (Å²) in [6, 6.07) is 8.23. The number of fused-ring (bicyclic) bond motifs is 1. The molecule has 0 aromatic heterocycles. The van der Waals surface area contributed by atoms with E-state index in [0.717, 1.165) is 25.9 Å². The second-order valence-corrected chi connectivity index (χ2v) is 6.14. The van der Waals surface area contributed by atoms with E-state index in [4.69, 9.17) is 0 Å². The van der Waals surface area contributed by atoms with Crippen LogP contribution >= 0.6 is 0 Å². The minimum absolute atomic E-state index is 0.0949. The summed E-state index contributed by atoms with van der Waals surface area (Å²) in [6.07, 6.45) is 1.85. The highest BCUT2D eigenvalue weighted by Crippen LogP contribution is 2.19. The molecule has 2 rings (SSSR count). The lowest BCUT2D eigenvalue weighted by Crippen LogP contribution is -2.49. The van der Waals surface area contributed by atoms with Crippen LogP contribution < -0.4 is 10.6 Å². The highest BCUT2D eigenvalue weighted by Gasteiger charge is 2.25. The summed E-state index contributed by atoms with van der Waals surface area (Å²) in [6.45, 7) is 8.03. The topological polar surface area (TPSA) is 41.1 Å². The van der Waals surface area contributed by atoms with Crippen molar-refractivity contribution in [2.45, 2.75) is 46.2 Å². The maximum absolute atomic E-state index is 12.2. The molecule has 19 heavy (non-hydrogen) atoms. The lowest BCUT2D eigenvalue weighted by molar-refractivity contribution is -0.123. The van der Waals surface area contributed by atoms with Crippen molar-refractivity contribution in [2.24, 2.45) is 5.41 Å². The normalized spacial score (nSPS) is 18.8. The first-order valence-electron chi connectivity index (χ1n) is 7.10. The highest BCUT2D eigenvalue weighted by molar-refractivity contribution is 5.82. The van der Waals surface area contributed by atoms with Crippen molar-refractivity contribution in [3.05, 3.63) is 35.4 Å². The summed E-state index contributed by atoms with van der Waals surface area (Å²) >= 11 is 0. The van der Waals surface area contributed by atoms with Gasteiger partial charge in [0.25, 0.3) is 0 Å². The predicted octanol–water partition coefficient (Wildman–Crippen LogP) is 2.25. The Morgan fingerprint density at radius 2 is 2.05 bits per heavy atom. The summed E-state index contributed by atoms with van der Waals surface area (Å²) in [5, 5.41) is 6.39. The summed E-state index contributed by atoms with van der Waals surface area (Å²) < 4.78 is 0. The van der Waals surface area contributed by atoms with Crippen LogP contribution in [-0.4, -0.2) is 18.5 Å². The minimum atomic E-state index is -0.0949.